The Bertz CT molecular complexity index is 688. The van der Waals surface area contributed by atoms with Crippen molar-refractivity contribution in [1.29, 1.82) is 0 Å². The van der Waals surface area contributed by atoms with Crippen LogP contribution in [0.25, 0.3) is 0 Å². The van der Waals surface area contributed by atoms with Gasteiger partial charge in [-0.25, -0.2) is 4.79 Å². The van der Waals surface area contributed by atoms with Crippen LogP contribution in [-0.2, 0) is 14.4 Å². The van der Waals surface area contributed by atoms with Crippen LogP contribution in [-0.4, -0.2) is 28.2 Å². The Kier molecular flexibility index (Phi) is 7.11. The van der Waals surface area contributed by atoms with Gasteiger partial charge in [-0.1, -0.05) is 57.7 Å². The van der Waals surface area contributed by atoms with Crippen LogP contribution in [0.2, 0.25) is 0 Å². The summed E-state index contributed by atoms with van der Waals surface area (Å²) in [5.74, 6) is -0.177. The fourth-order valence-electron chi connectivity index (χ4n) is 4.22. The molecule has 1 aliphatic heterocycles. The van der Waals surface area contributed by atoms with E-state index in [-0.39, 0.29) is 35.2 Å². The average molecular weight is 388 g/mol. The number of rotatable bonds is 7. The van der Waals surface area contributed by atoms with Crippen LogP contribution in [0, 0.1) is 5.92 Å². The van der Waals surface area contributed by atoms with Gasteiger partial charge in [0.25, 0.3) is 0 Å². The number of carbonyl (C=O) groups is 1. The molecule has 0 aromatic heterocycles. The van der Waals surface area contributed by atoms with Crippen LogP contribution in [0.3, 0.4) is 0 Å². The lowest BCUT2D eigenvalue weighted by atomic mass is 9.69. The van der Waals surface area contributed by atoms with E-state index in [2.05, 4.69) is 65.3 Å². The summed E-state index contributed by atoms with van der Waals surface area (Å²) in [5.41, 5.74) is 1.11. The van der Waals surface area contributed by atoms with Gasteiger partial charge in [0, 0.05) is 29.0 Å². The predicted molar refractivity (Wildman–Crippen MR) is 114 cm³/mol. The molecule has 0 N–H and O–H groups in total. The molecule has 5 unspecified atom stereocenters. The number of piperidine rings is 1. The lowest BCUT2D eigenvalue weighted by Gasteiger charge is -2.59. The third-order valence-electron chi connectivity index (χ3n) is 6.75. The van der Waals surface area contributed by atoms with E-state index in [0.29, 0.717) is 5.57 Å². The zero-order valence-electron chi connectivity index (χ0n) is 18.6. The highest BCUT2D eigenvalue weighted by Crippen LogP contribution is 2.48. The summed E-state index contributed by atoms with van der Waals surface area (Å²) in [6.07, 6.45) is 2.32. The van der Waals surface area contributed by atoms with E-state index in [1.165, 1.54) is 0 Å². The van der Waals surface area contributed by atoms with Crippen molar-refractivity contribution in [2.24, 2.45) is 5.92 Å². The molecule has 1 fully saturated rings. The zero-order chi connectivity index (χ0) is 21.1. The van der Waals surface area contributed by atoms with Crippen molar-refractivity contribution in [2.75, 3.05) is 0 Å². The highest BCUT2D eigenvalue weighted by atomic mass is 16.7. The molecule has 1 aromatic rings. The number of hydroxylamine groups is 2. The van der Waals surface area contributed by atoms with E-state index in [1.54, 1.807) is 6.92 Å². The Labute approximate surface area is 170 Å². The maximum atomic E-state index is 12.2. The summed E-state index contributed by atoms with van der Waals surface area (Å²) in [7, 11) is 0. The first-order valence-corrected chi connectivity index (χ1v) is 10.5. The molecule has 4 nitrogen and oxygen atoms in total. The van der Waals surface area contributed by atoms with Crippen molar-refractivity contribution in [1.82, 2.24) is 5.06 Å². The minimum atomic E-state index is -0.305. The molecule has 0 saturated carbocycles. The molecule has 1 aromatic carbocycles. The molecule has 0 aliphatic carbocycles. The Morgan fingerprint density at radius 1 is 1.25 bits per heavy atom. The van der Waals surface area contributed by atoms with E-state index < -0.39 is 0 Å². The molecular formula is C24H37NO3. The first kappa shape index (κ1) is 22.6. The highest BCUT2D eigenvalue weighted by molar-refractivity contribution is 5.87. The topological polar surface area (TPSA) is 38.8 Å². The molecule has 0 bridgehead atoms. The summed E-state index contributed by atoms with van der Waals surface area (Å²) in [6.45, 7) is 18.5. The van der Waals surface area contributed by atoms with Gasteiger partial charge in [-0.3, -0.25) is 4.84 Å². The smallest absolute Gasteiger partial charge is 0.333 e. The standard InChI is InChI=1S/C24H37NO3/c1-9-23(7)16-21(27-22(26)17(3)4)18(5)24(8,10-2)25(23)28-19(6)20-14-12-11-13-15-20/h11-15,18-19,21H,3,9-10,16H2,1-2,4-8H3. The number of benzene rings is 1. The summed E-state index contributed by atoms with van der Waals surface area (Å²) in [6, 6.07) is 10.3. The monoisotopic (exact) mass is 387 g/mol. The minimum absolute atomic E-state index is 0.0559. The SMILES string of the molecule is C=C(C)C(=O)OC1CC(C)(CC)N(OC(C)c2ccccc2)C(C)(CC)C1C. The van der Waals surface area contributed by atoms with Crippen molar-refractivity contribution in [3.8, 4) is 0 Å². The van der Waals surface area contributed by atoms with E-state index in [4.69, 9.17) is 9.57 Å². The van der Waals surface area contributed by atoms with Crippen molar-refractivity contribution >= 4 is 5.97 Å². The zero-order valence-corrected chi connectivity index (χ0v) is 18.6. The highest BCUT2D eigenvalue weighted by Gasteiger charge is 2.55. The molecule has 0 radical (unpaired) electrons. The summed E-state index contributed by atoms with van der Waals surface area (Å²) in [5, 5.41) is 2.22. The van der Waals surface area contributed by atoms with Gasteiger partial charge in [0.15, 0.2) is 0 Å². The number of hydrogen-bond donors (Lipinski definition) is 0. The molecule has 5 atom stereocenters. The number of carbonyl (C=O) groups excluding carboxylic acids is 1. The quantitative estimate of drug-likeness (QED) is 0.435. The first-order valence-electron chi connectivity index (χ1n) is 10.5. The van der Waals surface area contributed by atoms with Crippen LogP contribution in [0.4, 0.5) is 0 Å². The number of ether oxygens (including phenoxy) is 1. The van der Waals surface area contributed by atoms with Crippen molar-refractivity contribution in [3.05, 3.63) is 48.0 Å². The molecule has 156 valence electrons. The van der Waals surface area contributed by atoms with Gasteiger partial charge in [0.1, 0.15) is 12.2 Å². The van der Waals surface area contributed by atoms with E-state index in [1.807, 2.05) is 18.2 Å². The number of hydrogen-bond acceptors (Lipinski definition) is 4. The molecule has 0 amide bonds. The third kappa shape index (κ3) is 4.33. The Hall–Kier alpha value is -1.65. The largest absolute Gasteiger partial charge is 0.459 e. The van der Waals surface area contributed by atoms with E-state index in [9.17, 15) is 4.79 Å². The summed E-state index contributed by atoms with van der Waals surface area (Å²) < 4.78 is 5.88. The van der Waals surface area contributed by atoms with Crippen LogP contribution in [0.15, 0.2) is 42.5 Å². The molecule has 2 rings (SSSR count). The molecule has 4 heteroatoms. The second-order valence-electron chi connectivity index (χ2n) is 8.73. The molecule has 1 aliphatic rings. The van der Waals surface area contributed by atoms with Crippen molar-refractivity contribution in [2.45, 2.75) is 91.0 Å². The van der Waals surface area contributed by atoms with Gasteiger partial charge in [-0.05, 0) is 46.1 Å². The molecular weight excluding hydrogens is 350 g/mol. The van der Waals surface area contributed by atoms with E-state index in [0.717, 1.165) is 24.8 Å². The second-order valence-corrected chi connectivity index (χ2v) is 8.73. The van der Waals surface area contributed by atoms with Gasteiger partial charge < -0.3 is 4.74 Å². The molecule has 1 heterocycles. The van der Waals surface area contributed by atoms with Gasteiger partial charge in [-0.2, -0.15) is 5.06 Å². The van der Waals surface area contributed by atoms with Gasteiger partial charge >= 0.3 is 5.97 Å². The normalized spacial score (nSPS) is 32.0. The lowest BCUT2D eigenvalue weighted by Crippen LogP contribution is -2.68. The fraction of sp³-hybridized carbons (Fsp3) is 0.625. The maximum absolute atomic E-state index is 12.2. The molecule has 1 saturated heterocycles. The van der Waals surface area contributed by atoms with Crippen LogP contribution < -0.4 is 0 Å². The van der Waals surface area contributed by atoms with Gasteiger partial charge in [-0.15, -0.1) is 0 Å². The lowest BCUT2D eigenvalue weighted by molar-refractivity contribution is -0.336. The van der Waals surface area contributed by atoms with Crippen LogP contribution in [0.5, 0.6) is 0 Å². The number of nitrogens with zero attached hydrogens (tertiary/aromatic N) is 1. The van der Waals surface area contributed by atoms with Crippen LogP contribution >= 0.6 is 0 Å². The predicted octanol–water partition coefficient (Wildman–Crippen LogP) is 5.85. The third-order valence-corrected chi connectivity index (χ3v) is 6.75. The van der Waals surface area contributed by atoms with Gasteiger partial charge in [0.2, 0.25) is 0 Å². The second kappa shape index (κ2) is 8.79. The molecule has 28 heavy (non-hydrogen) atoms. The van der Waals surface area contributed by atoms with Crippen LogP contribution in [0.1, 0.15) is 79.4 Å². The Balaban J connectivity index is 2.35. The summed E-state index contributed by atoms with van der Waals surface area (Å²) >= 11 is 0. The fourth-order valence-corrected chi connectivity index (χ4v) is 4.22. The first-order chi connectivity index (χ1) is 13.1. The minimum Gasteiger partial charge on any atom is -0.459 e. The average Bonchev–Trinajstić information content (AvgIpc) is 2.69. The molecule has 0 spiro atoms. The Morgan fingerprint density at radius 3 is 2.36 bits per heavy atom. The number of esters is 1. The summed E-state index contributed by atoms with van der Waals surface area (Å²) in [4.78, 5) is 18.9. The van der Waals surface area contributed by atoms with Gasteiger partial charge in [0.05, 0.1) is 0 Å². The van der Waals surface area contributed by atoms with E-state index >= 15 is 0 Å². The maximum Gasteiger partial charge on any atom is 0.333 e. The van der Waals surface area contributed by atoms with Crippen molar-refractivity contribution in [3.63, 3.8) is 0 Å². The Morgan fingerprint density at radius 2 is 1.86 bits per heavy atom. The van der Waals surface area contributed by atoms with Crippen molar-refractivity contribution < 1.29 is 14.4 Å².